The zero-order valence-corrected chi connectivity index (χ0v) is 19.3. The fraction of sp³-hybridized carbons (Fsp3) is 0.682. The normalized spacial score (nSPS) is 10.7. The first-order valence-electron chi connectivity index (χ1n) is 10.8. The molecule has 1 aromatic heterocycles. The molecule has 176 valence electrons. The number of aromatic nitrogens is 1. The van der Waals surface area contributed by atoms with Crippen LogP contribution < -0.4 is 0 Å². The number of esters is 1. The minimum Gasteiger partial charge on any atom is -0.466 e. The molecule has 0 aliphatic rings. The van der Waals surface area contributed by atoms with Gasteiger partial charge in [0.05, 0.1) is 32.7 Å². The summed E-state index contributed by atoms with van der Waals surface area (Å²) in [5, 5.41) is 0. The van der Waals surface area contributed by atoms with Gasteiger partial charge in [-0.3, -0.25) is 14.4 Å². The van der Waals surface area contributed by atoms with Crippen molar-refractivity contribution < 1.29 is 28.6 Å². The lowest BCUT2D eigenvalue weighted by molar-refractivity contribution is -0.146. The lowest BCUT2D eigenvalue weighted by Gasteiger charge is -2.28. The third-order valence-corrected chi connectivity index (χ3v) is 4.77. The Hall–Kier alpha value is -2.39. The van der Waals surface area contributed by atoms with Crippen LogP contribution in [0.15, 0.2) is 18.3 Å². The summed E-state index contributed by atoms with van der Waals surface area (Å²) in [5.74, 6) is -0.829. The highest BCUT2D eigenvalue weighted by molar-refractivity contribution is 5.86. The molecule has 0 N–H and O–H groups in total. The predicted octanol–water partition coefficient (Wildman–Crippen LogP) is 1.60. The van der Waals surface area contributed by atoms with Gasteiger partial charge in [0.25, 0.3) is 0 Å². The number of amides is 2. The summed E-state index contributed by atoms with van der Waals surface area (Å²) in [6, 6.07) is 3.88. The van der Waals surface area contributed by atoms with Gasteiger partial charge in [-0.1, -0.05) is 0 Å². The SMILES string of the molecule is CCOCCCN(CC(=O)N(CCOC)Cc1cccn1C)C(=O)CCC(=O)OCC. The maximum atomic E-state index is 13.1. The lowest BCUT2D eigenvalue weighted by Crippen LogP contribution is -2.44. The van der Waals surface area contributed by atoms with E-state index < -0.39 is 5.97 Å². The number of methoxy groups -OCH3 is 1. The zero-order valence-electron chi connectivity index (χ0n) is 19.3. The molecule has 0 atom stereocenters. The summed E-state index contributed by atoms with van der Waals surface area (Å²) in [6.07, 6.45) is 2.55. The van der Waals surface area contributed by atoms with Gasteiger partial charge in [0.1, 0.15) is 0 Å². The van der Waals surface area contributed by atoms with E-state index in [2.05, 4.69) is 0 Å². The van der Waals surface area contributed by atoms with Crippen molar-refractivity contribution in [2.45, 2.75) is 39.7 Å². The fourth-order valence-electron chi connectivity index (χ4n) is 3.01. The summed E-state index contributed by atoms with van der Waals surface area (Å²) in [6.45, 7) is 6.58. The topological polar surface area (TPSA) is 90.3 Å². The van der Waals surface area contributed by atoms with Crippen LogP contribution in [-0.2, 0) is 42.2 Å². The Morgan fingerprint density at radius 2 is 1.77 bits per heavy atom. The van der Waals surface area contributed by atoms with Crippen molar-refractivity contribution in [2.75, 3.05) is 53.2 Å². The molecule has 1 rings (SSSR count). The van der Waals surface area contributed by atoms with Gasteiger partial charge in [-0.2, -0.15) is 0 Å². The standard InChI is InChI=1S/C22H37N3O6/c1-5-30-15-8-13-24(20(26)10-11-22(28)31-6-2)18-21(27)25(14-16-29-4)17-19-9-7-12-23(19)3/h7,9,12H,5-6,8,10-11,13-18H2,1-4H3. The molecule has 0 aliphatic heterocycles. The number of ether oxygens (including phenoxy) is 3. The molecule has 1 aromatic rings. The average Bonchev–Trinajstić information content (AvgIpc) is 3.15. The Labute approximate surface area is 185 Å². The van der Waals surface area contributed by atoms with E-state index in [9.17, 15) is 14.4 Å². The Morgan fingerprint density at radius 3 is 2.39 bits per heavy atom. The second kappa shape index (κ2) is 15.4. The van der Waals surface area contributed by atoms with Crippen molar-refractivity contribution in [3.8, 4) is 0 Å². The van der Waals surface area contributed by atoms with E-state index in [0.717, 1.165) is 5.69 Å². The summed E-state index contributed by atoms with van der Waals surface area (Å²) in [7, 11) is 3.51. The van der Waals surface area contributed by atoms with Gasteiger partial charge in [0, 0.05) is 58.8 Å². The maximum Gasteiger partial charge on any atom is 0.306 e. The Bertz CT molecular complexity index is 676. The zero-order chi connectivity index (χ0) is 23.1. The molecule has 2 amide bonds. The second-order valence-electron chi connectivity index (χ2n) is 7.09. The summed E-state index contributed by atoms with van der Waals surface area (Å²) >= 11 is 0. The second-order valence-corrected chi connectivity index (χ2v) is 7.09. The highest BCUT2D eigenvalue weighted by Gasteiger charge is 2.22. The molecular weight excluding hydrogens is 402 g/mol. The van der Waals surface area contributed by atoms with Gasteiger partial charge in [-0.05, 0) is 32.4 Å². The largest absolute Gasteiger partial charge is 0.466 e. The van der Waals surface area contributed by atoms with Crippen molar-refractivity contribution in [3.05, 3.63) is 24.0 Å². The summed E-state index contributed by atoms with van der Waals surface area (Å²) in [5.41, 5.74) is 0.987. The van der Waals surface area contributed by atoms with E-state index in [-0.39, 0.29) is 37.8 Å². The van der Waals surface area contributed by atoms with Crippen molar-refractivity contribution in [3.63, 3.8) is 0 Å². The van der Waals surface area contributed by atoms with Crippen LogP contribution in [0.4, 0.5) is 0 Å². The first kappa shape index (κ1) is 26.6. The van der Waals surface area contributed by atoms with E-state index in [0.29, 0.717) is 45.9 Å². The third kappa shape index (κ3) is 10.5. The predicted molar refractivity (Wildman–Crippen MR) is 116 cm³/mol. The smallest absolute Gasteiger partial charge is 0.306 e. The third-order valence-electron chi connectivity index (χ3n) is 4.77. The van der Waals surface area contributed by atoms with Gasteiger partial charge in [-0.15, -0.1) is 0 Å². The first-order chi connectivity index (χ1) is 14.9. The minimum absolute atomic E-state index is 0.000434. The van der Waals surface area contributed by atoms with Crippen molar-refractivity contribution in [2.24, 2.45) is 7.05 Å². The molecule has 1 heterocycles. The molecule has 0 spiro atoms. The number of carbonyl (C=O) groups excluding carboxylic acids is 3. The molecule has 0 radical (unpaired) electrons. The minimum atomic E-state index is -0.415. The van der Waals surface area contributed by atoms with Gasteiger partial charge in [0.2, 0.25) is 11.8 Å². The van der Waals surface area contributed by atoms with Crippen LogP contribution in [-0.4, -0.2) is 85.3 Å². The van der Waals surface area contributed by atoms with E-state index in [4.69, 9.17) is 14.2 Å². The van der Waals surface area contributed by atoms with Crippen molar-refractivity contribution in [1.29, 1.82) is 0 Å². The van der Waals surface area contributed by atoms with E-state index >= 15 is 0 Å². The number of hydrogen-bond donors (Lipinski definition) is 0. The Balaban J connectivity index is 2.80. The van der Waals surface area contributed by atoms with Crippen LogP contribution in [0.25, 0.3) is 0 Å². The molecule has 0 unspecified atom stereocenters. The highest BCUT2D eigenvalue weighted by atomic mass is 16.5. The molecular formula is C22H37N3O6. The van der Waals surface area contributed by atoms with E-state index in [1.807, 2.05) is 36.9 Å². The van der Waals surface area contributed by atoms with Crippen molar-refractivity contribution in [1.82, 2.24) is 14.4 Å². The van der Waals surface area contributed by atoms with E-state index in [1.54, 1.807) is 18.9 Å². The monoisotopic (exact) mass is 439 g/mol. The van der Waals surface area contributed by atoms with Gasteiger partial charge in [-0.25, -0.2) is 0 Å². The molecule has 0 aromatic carbocycles. The van der Waals surface area contributed by atoms with Gasteiger partial charge < -0.3 is 28.6 Å². The number of hydrogen-bond acceptors (Lipinski definition) is 6. The quantitative estimate of drug-likeness (QED) is 0.287. The summed E-state index contributed by atoms with van der Waals surface area (Å²) < 4.78 is 17.4. The molecule has 0 aliphatic carbocycles. The number of nitrogens with zero attached hydrogens (tertiary/aromatic N) is 3. The molecule has 31 heavy (non-hydrogen) atoms. The van der Waals surface area contributed by atoms with Crippen LogP contribution in [0.1, 0.15) is 38.8 Å². The van der Waals surface area contributed by atoms with Crippen LogP contribution in [0.2, 0.25) is 0 Å². The van der Waals surface area contributed by atoms with Crippen LogP contribution in [0, 0.1) is 0 Å². The number of carbonyl (C=O) groups is 3. The average molecular weight is 440 g/mol. The summed E-state index contributed by atoms with van der Waals surface area (Å²) in [4.78, 5) is 40.6. The van der Waals surface area contributed by atoms with Crippen LogP contribution >= 0.6 is 0 Å². The van der Waals surface area contributed by atoms with Gasteiger partial charge >= 0.3 is 5.97 Å². The number of rotatable bonds is 16. The molecule has 9 heteroatoms. The Morgan fingerprint density at radius 1 is 1.00 bits per heavy atom. The molecule has 0 bridgehead atoms. The molecule has 0 fully saturated rings. The molecule has 9 nitrogen and oxygen atoms in total. The highest BCUT2D eigenvalue weighted by Crippen LogP contribution is 2.08. The van der Waals surface area contributed by atoms with Crippen molar-refractivity contribution >= 4 is 17.8 Å². The van der Waals surface area contributed by atoms with E-state index in [1.165, 1.54) is 4.90 Å². The molecule has 0 saturated carbocycles. The van der Waals surface area contributed by atoms with Crippen LogP contribution in [0.5, 0.6) is 0 Å². The first-order valence-corrected chi connectivity index (χ1v) is 10.8. The lowest BCUT2D eigenvalue weighted by atomic mass is 10.2. The van der Waals surface area contributed by atoms with Gasteiger partial charge in [0.15, 0.2) is 0 Å². The number of aryl methyl sites for hydroxylation is 1. The Kier molecular flexibility index (Phi) is 13.3. The fourth-order valence-corrected chi connectivity index (χ4v) is 3.01. The maximum absolute atomic E-state index is 13.1. The van der Waals surface area contributed by atoms with Crippen LogP contribution in [0.3, 0.4) is 0 Å². The molecule has 0 saturated heterocycles.